The molecule has 0 spiro atoms. The first-order chi connectivity index (χ1) is 8.99. The summed E-state index contributed by atoms with van der Waals surface area (Å²) in [4.78, 5) is 22.3. The summed E-state index contributed by atoms with van der Waals surface area (Å²) in [7, 11) is 1.52. The molecule has 0 radical (unpaired) electrons. The third kappa shape index (κ3) is 2.93. The Balaban J connectivity index is 2.02. The van der Waals surface area contributed by atoms with Crippen molar-refractivity contribution < 1.29 is 9.72 Å². The van der Waals surface area contributed by atoms with Gasteiger partial charge in [0.15, 0.2) is 5.69 Å². The highest BCUT2D eigenvalue weighted by atomic mass is 16.6. The zero-order valence-electron chi connectivity index (χ0n) is 10.8. The van der Waals surface area contributed by atoms with Crippen LogP contribution < -0.4 is 11.1 Å². The summed E-state index contributed by atoms with van der Waals surface area (Å²) < 4.78 is 1.30. The number of hydrogen-bond acceptors (Lipinski definition) is 4. The molecule has 7 heteroatoms. The summed E-state index contributed by atoms with van der Waals surface area (Å²) in [6.07, 6.45) is 3.52. The van der Waals surface area contributed by atoms with Crippen LogP contribution in [0.3, 0.4) is 0 Å². The van der Waals surface area contributed by atoms with E-state index in [1.807, 2.05) is 0 Å². The van der Waals surface area contributed by atoms with Crippen LogP contribution in [-0.4, -0.2) is 27.5 Å². The van der Waals surface area contributed by atoms with E-state index >= 15 is 0 Å². The van der Waals surface area contributed by atoms with Gasteiger partial charge in [0.2, 0.25) is 0 Å². The van der Waals surface area contributed by atoms with Crippen LogP contribution in [0.2, 0.25) is 0 Å². The van der Waals surface area contributed by atoms with Crippen LogP contribution in [0.1, 0.15) is 36.2 Å². The number of nitro groups is 1. The zero-order chi connectivity index (χ0) is 14.0. The molecule has 7 nitrogen and oxygen atoms in total. The summed E-state index contributed by atoms with van der Waals surface area (Å²) in [6.45, 7) is 0. The lowest BCUT2D eigenvalue weighted by atomic mass is 9.92. The number of nitrogens with one attached hydrogen (secondary N) is 1. The van der Waals surface area contributed by atoms with E-state index in [0.717, 1.165) is 25.7 Å². The lowest BCUT2D eigenvalue weighted by molar-refractivity contribution is -0.391. The molecule has 0 saturated heterocycles. The van der Waals surface area contributed by atoms with Crippen LogP contribution in [0, 0.1) is 10.1 Å². The molecule has 0 aromatic carbocycles. The minimum absolute atomic E-state index is 0.0872. The van der Waals surface area contributed by atoms with E-state index in [1.165, 1.54) is 23.7 Å². The molecule has 1 aromatic rings. The van der Waals surface area contributed by atoms with E-state index in [9.17, 15) is 14.9 Å². The number of rotatable bonds is 3. The van der Waals surface area contributed by atoms with E-state index in [1.54, 1.807) is 0 Å². The highest BCUT2D eigenvalue weighted by Crippen LogP contribution is 2.19. The van der Waals surface area contributed by atoms with Crippen molar-refractivity contribution in [3.63, 3.8) is 0 Å². The molecule has 0 aliphatic heterocycles. The molecule has 19 heavy (non-hydrogen) atoms. The van der Waals surface area contributed by atoms with Gasteiger partial charge in [-0.05, 0) is 36.7 Å². The van der Waals surface area contributed by atoms with Crippen molar-refractivity contribution in [3.8, 4) is 0 Å². The summed E-state index contributed by atoms with van der Waals surface area (Å²) >= 11 is 0. The minimum Gasteiger partial charge on any atom is -0.358 e. The van der Waals surface area contributed by atoms with Gasteiger partial charge in [0, 0.05) is 18.2 Å². The molecule has 0 bridgehead atoms. The van der Waals surface area contributed by atoms with Crippen LogP contribution in [-0.2, 0) is 7.05 Å². The van der Waals surface area contributed by atoms with Gasteiger partial charge in [-0.1, -0.05) is 0 Å². The van der Waals surface area contributed by atoms with Gasteiger partial charge >= 0.3 is 5.82 Å². The number of hydrogen-bond donors (Lipinski definition) is 2. The number of carbonyl (C=O) groups excluding carboxylic acids is 1. The van der Waals surface area contributed by atoms with Crippen molar-refractivity contribution in [1.29, 1.82) is 0 Å². The molecule has 2 rings (SSSR count). The highest BCUT2D eigenvalue weighted by molar-refractivity contribution is 5.93. The van der Waals surface area contributed by atoms with Gasteiger partial charge < -0.3 is 21.2 Å². The van der Waals surface area contributed by atoms with Crippen molar-refractivity contribution in [3.05, 3.63) is 27.9 Å². The third-order valence-corrected chi connectivity index (χ3v) is 3.62. The third-order valence-electron chi connectivity index (χ3n) is 3.62. The first-order valence-corrected chi connectivity index (χ1v) is 6.35. The maximum atomic E-state index is 12.1. The van der Waals surface area contributed by atoms with Crippen LogP contribution >= 0.6 is 0 Å². The molecule has 1 aliphatic rings. The van der Waals surface area contributed by atoms with E-state index in [2.05, 4.69) is 5.32 Å². The SMILES string of the molecule is Cn1c(C(=O)NC2CCC(N)CC2)ccc1[N+](=O)[O-]. The molecule has 1 fully saturated rings. The standard InChI is InChI=1S/C12H18N4O3/c1-15-10(6-7-11(15)16(18)19)12(17)14-9-4-2-8(13)3-5-9/h6-9H,2-5,13H2,1H3,(H,14,17). The van der Waals surface area contributed by atoms with Gasteiger partial charge in [0.1, 0.15) is 0 Å². The van der Waals surface area contributed by atoms with Gasteiger partial charge in [-0.3, -0.25) is 4.79 Å². The van der Waals surface area contributed by atoms with Crippen LogP contribution in [0.5, 0.6) is 0 Å². The predicted octanol–water partition coefficient (Wildman–Crippen LogP) is 0.933. The maximum absolute atomic E-state index is 12.1. The molecule has 1 aromatic heterocycles. The number of amides is 1. The summed E-state index contributed by atoms with van der Waals surface area (Å²) in [5.74, 6) is -0.355. The second kappa shape index (κ2) is 5.40. The monoisotopic (exact) mass is 266 g/mol. The number of carbonyl (C=O) groups is 1. The zero-order valence-corrected chi connectivity index (χ0v) is 10.8. The summed E-state index contributed by atoms with van der Waals surface area (Å²) in [6, 6.07) is 3.15. The molecule has 1 saturated carbocycles. The number of nitrogens with zero attached hydrogens (tertiary/aromatic N) is 2. The second-order valence-electron chi connectivity index (χ2n) is 4.98. The van der Waals surface area contributed by atoms with Gasteiger partial charge in [-0.15, -0.1) is 0 Å². The quantitative estimate of drug-likeness (QED) is 0.627. The Labute approximate surface area is 110 Å². The van der Waals surface area contributed by atoms with Crippen molar-refractivity contribution in [2.45, 2.75) is 37.8 Å². The highest BCUT2D eigenvalue weighted by Gasteiger charge is 2.25. The molecule has 0 atom stereocenters. The van der Waals surface area contributed by atoms with Crippen molar-refractivity contribution in [2.75, 3.05) is 0 Å². The van der Waals surface area contributed by atoms with E-state index < -0.39 is 4.92 Å². The predicted molar refractivity (Wildman–Crippen MR) is 69.8 cm³/mol. The van der Waals surface area contributed by atoms with Crippen LogP contribution in [0.25, 0.3) is 0 Å². The molecule has 1 heterocycles. The van der Waals surface area contributed by atoms with Crippen LogP contribution in [0.4, 0.5) is 5.82 Å². The molecule has 0 unspecified atom stereocenters. The summed E-state index contributed by atoms with van der Waals surface area (Å²) in [5, 5.41) is 13.6. The summed E-state index contributed by atoms with van der Waals surface area (Å²) in [5.41, 5.74) is 6.11. The van der Waals surface area contributed by atoms with Crippen molar-refractivity contribution >= 4 is 11.7 Å². The van der Waals surface area contributed by atoms with E-state index in [-0.39, 0.29) is 23.8 Å². The topological polar surface area (TPSA) is 103 Å². The Morgan fingerprint density at radius 2 is 2.05 bits per heavy atom. The Bertz CT molecular complexity index is 489. The molecular formula is C12H18N4O3. The van der Waals surface area contributed by atoms with E-state index in [0.29, 0.717) is 5.69 Å². The van der Waals surface area contributed by atoms with Gasteiger partial charge in [0.25, 0.3) is 5.91 Å². The van der Waals surface area contributed by atoms with Gasteiger partial charge in [-0.25, -0.2) is 4.57 Å². The molecule has 104 valence electrons. The van der Waals surface area contributed by atoms with Gasteiger partial charge in [-0.2, -0.15) is 0 Å². The second-order valence-corrected chi connectivity index (χ2v) is 4.98. The Kier molecular flexibility index (Phi) is 3.84. The average molecular weight is 266 g/mol. The fraction of sp³-hybridized carbons (Fsp3) is 0.583. The first kappa shape index (κ1) is 13.5. The van der Waals surface area contributed by atoms with E-state index in [4.69, 9.17) is 5.73 Å². The lowest BCUT2D eigenvalue weighted by Gasteiger charge is -2.26. The Hall–Kier alpha value is -1.89. The molecule has 3 N–H and O–H groups in total. The van der Waals surface area contributed by atoms with Crippen LogP contribution in [0.15, 0.2) is 12.1 Å². The number of aromatic nitrogens is 1. The van der Waals surface area contributed by atoms with Crippen molar-refractivity contribution in [2.24, 2.45) is 12.8 Å². The normalized spacial score (nSPS) is 23.1. The first-order valence-electron chi connectivity index (χ1n) is 6.35. The average Bonchev–Trinajstić information content (AvgIpc) is 2.74. The minimum atomic E-state index is -0.504. The van der Waals surface area contributed by atoms with Crippen molar-refractivity contribution in [1.82, 2.24) is 9.88 Å². The number of nitrogens with two attached hydrogens (primary N) is 1. The largest absolute Gasteiger partial charge is 0.358 e. The molecule has 1 aliphatic carbocycles. The molecular weight excluding hydrogens is 248 g/mol. The maximum Gasteiger partial charge on any atom is 0.323 e. The molecule has 1 amide bonds. The fourth-order valence-electron chi connectivity index (χ4n) is 2.43. The van der Waals surface area contributed by atoms with Gasteiger partial charge in [0.05, 0.1) is 7.05 Å². The fourth-order valence-corrected chi connectivity index (χ4v) is 2.43. The Morgan fingerprint density at radius 3 is 2.58 bits per heavy atom. The Morgan fingerprint density at radius 1 is 1.42 bits per heavy atom. The lowest BCUT2D eigenvalue weighted by Crippen LogP contribution is -2.41. The smallest absolute Gasteiger partial charge is 0.323 e.